The summed E-state index contributed by atoms with van der Waals surface area (Å²) in [5.74, 6) is 2.07. The number of nitrogens with zero attached hydrogens (tertiary/aromatic N) is 1. The van der Waals surface area contributed by atoms with Crippen LogP contribution in [0.2, 0.25) is 0 Å². The van der Waals surface area contributed by atoms with Gasteiger partial charge in [-0.15, -0.1) is 24.0 Å². The molecule has 0 amide bonds. The van der Waals surface area contributed by atoms with Gasteiger partial charge in [0.25, 0.3) is 0 Å². The van der Waals surface area contributed by atoms with Crippen LogP contribution in [0.25, 0.3) is 0 Å². The van der Waals surface area contributed by atoms with E-state index < -0.39 is 5.60 Å². The Balaban J connectivity index is 0.00000280. The van der Waals surface area contributed by atoms with Gasteiger partial charge in [-0.2, -0.15) is 0 Å². The maximum Gasteiger partial charge on any atom is 0.191 e. The summed E-state index contributed by atoms with van der Waals surface area (Å²) in [5.41, 5.74) is -0.0651. The number of furan rings is 1. The van der Waals surface area contributed by atoms with Crippen molar-refractivity contribution in [1.29, 1.82) is 0 Å². The molecule has 0 radical (unpaired) electrons. The van der Waals surface area contributed by atoms with Crippen LogP contribution in [0.4, 0.5) is 0 Å². The number of para-hydroxylation sites is 1. The van der Waals surface area contributed by atoms with Crippen LogP contribution < -0.4 is 15.4 Å². The highest BCUT2D eigenvalue weighted by Crippen LogP contribution is 2.28. The molecule has 3 rings (SSSR count). The molecule has 1 fully saturated rings. The lowest BCUT2D eigenvalue weighted by Gasteiger charge is -2.27. The highest BCUT2D eigenvalue weighted by molar-refractivity contribution is 14.0. The maximum atomic E-state index is 10.6. The Morgan fingerprint density at radius 1 is 1.25 bits per heavy atom. The molecule has 28 heavy (non-hydrogen) atoms. The molecule has 1 saturated carbocycles. The zero-order chi connectivity index (χ0) is 19.1. The average molecular weight is 499 g/mol. The third-order valence-electron chi connectivity index (χ3n) is 4.72. The number of aliphatic hydroxyl groups is 1. The van der Waals surface area contributed by atoms with Gasteiger partial charge in [0.1, 0.15) is 17.1 Å². The molecule has 1 aliphatic carbocycles. The largest absolute Gasteiger partial charge is 0.490 e. The van der Waals surface area contributed by atoms with Crippen LogP contribution in [0, 0.1) is 0 Å². The molecule has 1 aromatic heterocycles. The Morgan fingerprint density at radius 2 is 2.04 bits per heavy atom. The lowest BCUT2D eigenvalue weighted by atomic mass is 9.96. The summed E-state index contributed by atoms with van der Waals surface area (Å²) >= 11 is 0. The molecule has 0 bridgehead atoms. The van der Waals surface area contributed by atoms with Crippen molar-refractivity contribution < 1.29 is 14.3 Å². The minimum Gasteiger partial charge on any atom is -0.490 e. The number of halogens is 1. The van der Waals surface area contributed by atoms with Gasteiger partial charge in [-0.3, -0.25) is 0 Å². The molecule has 1 unspecified atom stereocenters. The summed E-state index contributed by atoms with van der Waals surface area (Å²) in [5, 5.41) is 17.0. The van der Waals surface area contributed by atoms with E-state index in [-0.39, 0.29) is 30.5 Å². The van der Waals surface area contributed by atoms with Gasteiger partial charge in [0.05, 0.1) is 25.5 Å². The Labute approximate surface area is 183 Å². The van der Waals surface area contributed by atoms with Crippen molar-refractivity contribution in [3.8, 4) is 5.75 Å². The Bertz CT molecular complexity index is 743. The van der Waals surface area contributed by atoms with E-state index in [1.54, 1.807) is 25.3 Å². The first kappa shape index (κ1) is 22.5. The van der Waals surface area contributed by atoms with Gasteiger partial charge in [-0.1, -0.05) is 18.2 Å². The van der Waals surface area contributed by atoms with Gasteiger partial charge >= 0.3 is 0 Å². The smallest absolute Gasteiger partial charge is 0.191 e. The minimum absolute atomic E-state index is 0. The van der Waals surface area contributed by atoms with Gasteiger partial charge in [0.15, 0.2) is 5.96 Å². The fourth-order valence-electron chi connectivity index (χ4n) is 2.85. The van der Waals surface area contributed by atoms with Crippen molar-refractivity contribution in [2.45, 2.75) is 51.4 Å². The van der Waals surface area contributed by atoms with E-state index in [0.717, 1.165) is 30.7 Å². The van der Waals surface area contributed by atoms with Gasteiger partial charge in [0, 0.05) is 12.1 Å². The van der Waals surface area contributed by atoms with Crippen LogP contribution in [0.5, 0.6) is 5.75 Å². The molecule has 1 aliphatic rings. The fourth-order valence-corrected chi connectivity index (χ4v) is 2.85. The second kappa shape index (κ2) is 10.7. The number of benzene rings is 1. The molecule has 0 aliphatic heterocycles. The van der Waals surface area contributed by atoms with E-state index in [1.165, 1.54) is 6.42 Å². The van der Waals surface area contributed by atoms with E-state index in [4.69, 9.17) is 9.15 Å². The zero-order valence-electron chi connectivity index (χ0n) is 16.5. The molecule has 0 spiro atoms. The number of guanidine groups is 1. The molecule has 1 atom stereocenters. The average Bonchev–Trinajstić information content (AvgIpc) is 3.17. The van der Waals surface area contributed by atoms with Crippen molar-refractivity contribution in [2.75, 3.05) is 13.1 Å². The predicted octanol–water partition coefficient (Wildman–Crippen LogP) is 3.79. The summed E-state index contributed by atoms with van der Waals surface area (Å²) in [6, 6.07) is 11.6. The molecular weight excluding hydrogens is 469 g/mol. The SMILES string of the molecule is CCNC(=NCc1ccccc1OC1CCC1)NCC(C)(O)c1ccco1.I. The van der Waals surface area contributed by atoms with Crippen LogP contribution in [-0.4, -0.2) is 30.3 Å². The van der Waals surface area contributed by atoms with Crippen LogP contribution in [0.3, 0.4) is 0 Å². The number of hydrogen-bond acceptors (Lipinski definition) is 4. The Morgan fingerprint density at radius 3 is 2.68 bits per heavy atom. The van der Waals surface area contributed by atoms with Gasteiger partial charge < -0.3 is 24.9 Å². The summed E-state index contributed by atoms with van der Waals surface area (Å²) in [4.78, 5) is 4.65. The highest BCUT2D eigenvalue weighted by Gasteiger charge is 2.26. The first-order valence-electron chi connectivity index (χ1n) is 9.61. The van der Waals surface area contributed by atoms with E-state index >= 15 is 0 Å². The summed E-state index contributed by atoms with van der Waals surface area (Å²) < 4.78 is 11.4. The van der Waals surface area contributed by atoms with Gasteiger partial charge in [-0.05, 0) is 51.3 Å². The van der Waals surface area contributed by atoms with Crippen molar-refractivity contribution >= 4 is 29.9 Å². The molecule has 2 aromatic rings. The van der Waals surface area contributed by atoms with Gasteiger partial charge in [0.2, 0.25) is 0 Å². The second-order valence-corrected chi connectivity index (χ2v) is 7.08. The Kier molecular flexibility index (Phi) is 8.62. The molecule has 3 N–H and O–H groups in total. The number of nitrogens with one attached hydrogen (secondary N) is 2. The first-order chi connectivity index (χ1) is 13.1. The summed E-state index contributed by atoms with van der Waals surface area (Å²) in [7, 11) is 0. The van der Waals surface area contributed by atoms with E-state index in [2.05, 4.69) is 15.6 Å². The zero-order valence-corrected chi connectivity index (χ0v) is 18.8. The number of aliphatic imine (C=N–C) groups is 1. The molecule has 0 saturated heterocycles. The lowest BCUT2D eigenvalue weighted by Crippen LogP contribution is -2.44. The van der Waals surface area contributed by atoms with Gasteiger partial charge in [-0.25, -0.2) is 4.99 Å². The second-order valence-electron chi connectivity index (χ2n) is 7.08. The van der Waals surface area contributed by atoms with Crippen LogP contribution >= 0.6 is 24.0 Å². The van der Waals surface area contributed by atoms with Crippen LogP contribution in [-0.2, 0) is 12.1 Å². The lowest BCUT2D eigenvalue weighted by molar-refractivity contribution is 0.0386. The number of rotatable bonds is 8. The molecule has 1 aromatic carbocycles. The summed E-state index contributed by atoms with van der Waals surface area (Å²) in [6.45, 7) is 5.24. The predicted molar refractivity (Wildman–Crippen MR) is 121 cm³/mol. The number of ether oxygens (including phenoxy) is 1. The van der Waals surface area contributed by atoms with Crippen LogP contribution in [0.15, 0.2) is 52.1 Å². The van der Waals surface area contributed by atoms with E-state index in [1.807, 2.05) is 31.2 Å². The molecule has 1 heterocycles. The fraction of sp³-hybridized carbons (Fsp3) is 0.476. The summed E-state index contributed by atoms with van der Waals surface area (Å²) in [6.07, 6.45) is 5.40. The molecule has 154 valence electrons. The number of hydrogen-bond donors (Lipinski definition) is 3. The molecule has 6 nitrogen and oxygen atoms in total. The van der Waals surface area contributed by atoms with Crippen molar-refractivity contribution in [1.82, 2.24) is 10.6 Å². The first-order valence-corrected chi connectivity index (χ1v) is 9.61. The quantitative estimate of drug-likeness (QED) is 0.293. The topological polar surface area (TPSA) is 79.0 Å². The molecule has 7 heteroatoms. The third kappa shape index (κ3) is 6.13. The van der Waals surface area contributed by atoms with Crippen LogP contribution in [0.1, 0.15) is 44.4 Å². The third-order valence-corrected chi connectivity index (χ3v) is 4.72. The maximum absolute atomic E-state index is 10.6. The van der Waals surface area contributed by atoms with E-state index in [0.29, 0.717) is 24.4 Å². The van der Waals surface area contributed by atoms with Crippen molar-refractivity contribution in [3.05, 3.63) is 54.0 Å². The normalized spacial score (nSPS) is 16.5. The van der Waals surface area contributed by atoms with E-state index in [9.17, 15) is 5.11 Å². The van der Waals surface area contributed by atoms with Crippen molar-refractivity contribution in [2.24, 2.45) is 4.99 Å². The van der Waals surface area contributed by atoms with Crippen molar-refractivity contribution in [3.63, 3.8) is 0 Å². The minimum atomic E-state index is -1.12. The molecular formula is C21H30IN3O3. The highest BCUT2D eigenvalue weighted by atomic mass is 127. The Hall–Kier alpha value is -1.74. The monoisotopic (exact) mass is 499 g/mol. The standard InChI is InChI=1S/C21H29N3O3.HI/c1-3-22-20(24-15-21(2,25)19-12-7-13-26-19)23-14-16-8-4-5-11-18(16)27-17-9-6-10-17;/h4-5,7-8,11-13,17,25H,3,6,9-10,14-15H2,1-2H3,(H2,22,23,24);1H.